The Hall–Kier alpha value is -3.39. The Morgan fingerprint density at radius 3 is 2.51 bits per heavy atom. The molecule has 0 bridgehead atoms. The number of hydrogen-bond acceptors (Lipinski definition) is 10. The highest BCUT2D eigenvalue weighted by atomic mass is 32.2. The molecule has 0 aliphatic carbocycles. The summed E-state index contributed by atoms with van der Waals surface area (Å²) in [5, 5.41) is 16.9. The van der Waals surface area contributed by atoms with E-state index >= 15 is 0 Å². The second-order valence-corrected chi connectivity index (χ2v) is 11.5. The number of nitrogens with one attached hydrogen (secondary N) is 1. The van der Waals surface area contributed by atoms with Gasteiger partial charge >= 0.3 is 0 Å². The van der Waals surface area contributed by atoms with Crippen molar-refractivity contribution in [3.05, 3.63) is 63.5 Å². The molecule has 1 N–H and O–H groups in total. The molecule has 0 radical (unpaired) electrons. The average molecular weight is 543 g/mol. The number of hydrogen-bond donors (Lipinski definition) is 1. The fourth-order valence-electron chi connectivity index (χ4n) is 4.26. The number of morpholine rings is 1. The molecule has 194 valence electrons. The van der Waals surface area contributed by atoms with Crippen LogP contribution in [0.3, 0.4) is 0 Å². The number of ether oxygens (including phenoxy) is 1. The standard InChI is InChI=1S/C24H26N6O5S2/c31-30(32)21-16-19(37(33,34)29-10-4-5-11-29)8-9-20(21)27-25-17-22-23(18-6-2-1-3-7-18)26-24(36-22)28-12-14-35-15-13-28/h1-3,6-9,16-17,27H,4-5,10-15H2. The molecule has 2 aliphatic heterocycles. The van der Waals surface area contributed by atoms with Gasteiger partial charge in [0.05, 0.1) is 39.8 Å². The Bertz CT molecular complexity index is 1400. The highest BCUT2D eigenvalue weighted by Gasteiger charge is 2.29. The van der Waals surface area contributed by atoms with Crippen molar-refractivity contribution in [3.63, 3.8) is 0 Å². The zero-order valence-corrected chi connectivity index (χ0v) is 21.6. The molecular weight excluding hydrogens is 516 g/mol. The molecule has 0 saturated carbocycles. The molecule has 37 heavy (non-hydrogen) atoms. The Kier molecular flexibility index (Phi) is 7.46. The minimum absolute atomic E-state index is 0.0976. The lowest BCUT2D eigenvalue weighted by Crippen LogP contribution is -2.36. The molecule has 2 saturated heterocycles. The molecule has 2 aromatic carbocycles. The molecule has 13 heteroatoms. The predicted octanol–water partition coefficient (Wildman–Crippen LogP) is 3.79. The van der Waals surface area contributed by atoms with Crippen LogP contribution >= 0.6 is 11.3 Å². The molecule has 1 aromatic heterocycles. The van der Waals surface area contributed by atoms with Crippen LogP contribution in [0.5, 0.6) is 0 Å². The van der Waals surface area contributed by atoms with Crippen molar-refractivity contribution in [1.82, 2.24) is 9.29 Å². The molecule has 0 unspecified atom stereocenters. The van der Waals surface area contributed by atoms with Crippen LogP contribution in [-0.2, 0) is 14.8 Å². The third-order valence-corrected chi connectivity index (χ3v) is 9.15. The maximum atomic E-state index is 12.9. The number of sulfonamides is 1. The number of anilines is 2. The minimum atomic E-state index is -3.78. The van der Waals surface area contributed by atoms with Gasteiger partial charge < -0.3 is 9.64 Å². The fourth-order valence-corrected chi connectivity index (χ4v) is 6.80. The van der Waals surface area contributed by atoms with Gasteiger partial charge in [0.1, 0.15) is 5.69 Å². The lowest BCUT2D eigenvalue weighted by atomic mass is 10.1. The number of thiazole rings is 1. The first-order valence-corrected chi connectivity index (χ1v) is 14.2. The van der Waals surface area contributed by atoms with Gasteiger partial charge in [0.15, 0.2) is 5.13 Å². The molecule has 3 heterocycles. The Labute approximate surface area is 218 Å². The van der Waals surface area contributed by atoms with Gasteiger partial charge in [0, 0.05) is 37.8 Å². The molecule has 5 rings (SSSR count). The van der Waals surface area contributed by atoms with Crippen LogP contribution in [0, 0.1) is 10.1 Å². The third kappa shape index (κ3) is 5.49. The van der Waals surface area contributed by atoms with Gasteiger partial charge in [-0.1, -0.05) is 41.7 Å². The van der Waals surface area contributed by atoms with Crippen LogP contribution in [0.15, 0.2) is 58.5 Å². The number of hydrazone groups is 1. The average Bonchev–Trinajstić information content (AvgIpc) is 3.61. The van der Waals surface area contributed by atoms with Crippen molar-refractivity contribution < 1.29 is 18.1 Å². The van der Waals surface area contributed by atoms with Crippen LogP contribution in [0.25, 0.3) is 11.3 Å². The Morgan fingerprint density at radius 1 is 1.08 bits per heavy atom. The van der Waals surface area contributed by atoms with Crippen LogP contribution in [0.1, 0.15) is 17.7 Å². The molecule has 11 nitrogen and oxygen atoms in total. The quantitative estimate of drug-likeness (QED) is 0.259. The molecule has 2 aliphatic rings. The zero-order valence-electron chi connectivity index (χ0n) is 19.9. The van der Waals surface area contributed by atoms with Crippen LogP contribution in [-0.4, -0.2) is 68.2 Å². The molecule has 0 atom stereocenters. The summed E-state index contributed by atoms with van der Waals surface area (Å²) in [7, 11) is -3.78. The highest BCUT2D eigenvalue weighted by Crippen LogP contribution is 2.33. The number of nitro groups is 1. The molecule has 2 fully saturated rings. The van der Waals surface area contributed by atoms with Crippen molar-refractivity contribution in [2.45, 2.75) is 17.7 Å². The summed E-state index contributed by atoms with van der Waals surface area (Å²) in [6, 6.07) is 13.6. The van der Waals surface area contributed by atoms with Crippen molar-refractivity contribution in [2.75, 3.05) is 49.7 Å². The van der Waals surface area contributed by atoms with Gasteiger partial charge in [0.2, 0.25) is 10.0 Å². The van der Waals surface area contributed by atoms with Gasteiger partial charge in [-0.25, -0.2) is 13.4 Å². The van der Waals surface area contributed by atoms with Crippen molar-refractivity contribution in [1.29, 1.82) is 0 Å². The number of aromatic nitrogens is 1. The van der Waals surface area contributed by atoms with Gasteiger partial charge in [-0.15, -0.1) is 0 Å². The topological polar surface area (TPSA) is 130 Å². The van der Waals surface area contributed by atoms with Crippen molar-refractivity contribution in [2.24, 2.45) is 5.10 Å². The summed E-state index contributed by atoms with van der Waals surface area (Å²) in [6.07, 6.45) is 3.15. The number of benzene rings is 2. The third-order valence-electron chi connectivity index (χ3n) is 6.21. The maximum absolute atomic E-state index is 12.9. The van der Waals surface area contributed by atoms with Crippen LogP contribution < -0.4 is 10.3 Å². The zero-order chi connectivity index (χ0) is 25.8. The number of nitro benzene ring substituents is 1. The normalized spacial score (nSPS) is 16.9. The highest BCUT2D eigenvalue weighted by molar-refractivity contribution is 7.89. The molecule has 0 spiro atoms. The van der Waals surface area contributed by atoms with E-state index in [-0.39, 0.29) is 16.3 Å². The van der Waals surface area contributed by atoms with E-state index in [1.165, 1.54) is 27.8 Å². The van der Waals surface area contributed by atoms with Gasteiger partial charge in [-0.2, -0.15) is 9.41 Å². The second-order valence-electron chi connectivity index (χ2n) is 8.59. The van der Waals surface area contributed by atoms with E-state index in [9.17, 15) is 18.5 Å². The first-order valence-electron chi connectivity index (χ1n) is 11.9. The molecule has 3 aromatic rings. The fraction of sp³-hybridized carbons (Fsp3) is 0.333. The van der Waals surface area contributed by atoms with Gasteiger partial charge in [-0.3, -0.25) is 15.5 Å². The monoisotopic (exact) mass is 542 g/mol. The van der Waals surface area contributed by atoms with E-state index in [0.717, 1.165) is 53.3 Å². The minimum Gasteiger partial charge on any atom is -0.378 e. The summed E-state index contributed by atoms with van der Waals surface area (Å²) in [5.74, 6) is 0. The summed E-state index contributed by atoms with van der Waals surface area (Å²) in [4.78, 5) is 18.8. The summed E-state index contributed by atoms with van der Waals surface area (Å²) in [5.41, 5.74) is 4.16. The SMILES string of the molecule is O=[N+]([O-])c1cc(S(=O)(=O)N2CCCC2)ccc1NN=Cc1sc(N2CCOCC2)nc1-c1ccccc1. The van der Waals surface area contributed by atoms with E-state index in [1.807, 2.05) is 30.3 Å². The largest absolute Gasteiger partial charge is 0.378 e. The van der Waals surface area contributed by atoms with Crippen molar-refractivity contribution in [3.8, 4) is 11.3 Å². The Morgan fingerprint density at radius 2 is 1.81 bits per heavy atom. The van der Waals surface area contributed by atoms with Crippen LogP contribution in [0.4, 0.5) is 16.5 Å². The van der Waals surface area contributed by atoms with Gasteiger partial charge in [-0.05, 0) is 25.0 Å². The van der Waals surface area contributed by atoms with E-state index in [4.69, 9.17) is 9.72 Å². The van der Waals surface area contributed by atoms with E-state index < -0.39 is 14.9 Å². The summed E-state index contributed by atoms with van der Waals surface area (Å²) < 4.78 is 32.5. The maximum Gasteiger partial charge on any atom is 0.295 e. The van der Waals surface area contributed by atoms with E-state index in [1.54, 1.807) is 6.21 Å². The Balaban J connectivity index is 1.41. The lowest BCUT2D eigenvalue weighted by molar-refractivity contribution is -0.384. The van der Waals surface area contributed by atoms with Gasteiger partial charge in [0.25, 0.3) is 5.69 Å². The predicted molar refractivity (Wildman–Crippen MR) is 143 cm³/mol. The smallest absolute Gasteiger partial charge is 0.295 e. The lowest BCUT2D eigenvalue weighted by Gasteiger charge is -2.26. The molecule has 0 amide bonds. The van der Waals surface area contributed by atoms with E-state index in [0.29, 0.717) is 26.3 Å². The first-order chi connectivity index (χ1) is 17.9. The second kappa shape index (κ2) is 10.9. The summed E-state index contributed by atoms with van der Waals surface area (Å²) in [6.45, 7) is 3.61. The number of rotatable bonds is 8. The first kappa shape index (κ1) is 25.3. The van der Waals surface area contributed by atoms with E-state index in [2.05, 4.69) is 15.4 Å². The number of nitrogens with zero attached hydrogens (tertiary/aromatic N) is 5. The summed E-state index contributed by atoms with van der Waals surface area (Å²) >= 11 is 1.48. The van der Waals surface area contributed by atoms with Crippen LogP contribution in [0.2, 0.25) is 0 Å². The molecular formula is C24H26N6O5S2. The van der Waals surface area contributed by atoms with Crippen molar-refractivity contribution >= 4 is 44.1 Å².